The molecule has 10 heteroatoms. The van der Waals surface area contributed by atoms with E-state index < -0.39 is 24.4 Å². The van der Waals surface area contributed by atoms with Gasteiger partial charge in [0.1, 0.15) is 17.7 Å². The lowest BCUT2D eigenvalue weighted by molar-refractivity contribution is 0.102. The lowest BCUT2D eigenvalue weighted by Crippen LogP contribution is -2.33. The average Bonchev–Trinajstić information content (AvgIpc) is 3.25. The molecule has 1 N–H and O–H groups in total. The van der Waals surface area contributed by atoms with Gasteiger partial charge in [-0.1, -0.05) is 32.4 Å². The van der Waals surface area contributed by atoms with Gasteiger partial charge in [-0.15, -0.1) is 10.2 Å². The van der Waals surface area contributed by atoms with Crippen molar-refractivity contribution in [2.24, 2.45) is 7.05 Å². The van der Waals surface area contributed by atoms with Crippen LogP contribution in [0.1, 0.15) is 60.4 Å². The van der Waals surface area contributed by atoms with Gasteiger partial charge in [-0.05, 0) is 60.7 Å². The Bertz CT molecular complexity index is 1290. The molecule has 1 aliphatic heterocycles. The first-order valence-corrected chi connectivity index (χ1v) is 12.6. The summed E-state index contributed by atoms with van der Waals surface area (Å²) in [5.74, 6) is 0.223. The molecule has 4 rings (SSSR count). The number of alkyl halides is 2. The summed E-state index contributed by atoms with van der Waals surface area (Å²) in [5.41, 5.74) is 1.00. The topological polar surface area (TPSA) is 85.1 Å². The summed E-state index contributed by atoms with van der Waals surface area (Å²) < 4.78 is 29.2. The number of halogens is 2. The Labute approximate surface area is 215 Å². The van der Waals surface area contributed by atoms with Crippen molar-refractivity contribution in [2.45, 2.75) is 64.5 Å². The minimum absolute atomic E-state index is 0.140. The summed E-state index contributed by atoms with van der Waals surface area (Å²) in [7, 11) is 1.89. The van der Waals surface area contributed by atoms with Crippen molar-refractivity contribution < 1.29 is 13.6 Å². The number of hydrogen-bond donors (Lipinski definition) is 1. The van der Waals surface area contributed by atoms with Crippen molar-refractivity contribution in [2.75, 3.05) is 18.4 Å². The van der Waals surface area contributed by atoms with Gasteiger partial charge in [0.25, 0.3) is 17.9 Å². The van der Waals surface area contributed by atoms with E-state index in [9.17, 15) is 18.4 Å². The van der Waals surface area contributed by atoms with Crippen LogP contribution in [0.25, 0.3) is 0 Å². The maximum absolute atomic E-state index is 13.2. The highest BCUT2D eigenvalue weighted by Crippen LogP contribution is 2.29. The molecule has 1 amide bonds. The van der Waals surface area contributed by atoms with Gasteiger partial charge in [0.2, 0.25) is 0 Å². The fraction of sp³-hybridized carbons (Fsp3) is 0.481. The second-order valence-electron chi connectivity index (χ2n) is 10.4. The number of anilines is 1. The zero-order chi connectivity index (χ0) is 26.6. The predicted molar refractivity (Wildman–Crippen MR) is 138 cm³/mol. The van der Waals surface area contributed by atoms with Gasteiger partial charge in [0.15, 0.2) is 0 Å². The molecule has 37 heavy (non-hydrogen) atoms. The molecule has 0 saturated carbocycles. The van der Waals surface area contributed by atoms with Crippen LogP contribution in [0.3, 0.4) is 0 Å². The molecule has 8 nitrogen and oxygen atoms in total. The maximum Gasteiger partial charge on any atom is 0.263 e. The highest BCUT2D eigenvalue weighted by Gasteiger charge is 2.25. The molecule has 3 heterocycles. The highest BCUT2D eigenvalue weighted by atomic mass is 19.3. The Kier molecular flexibility index (Phi) is 8.16. The number of rotatable bonds is 9. The molecular formula is C27H34F2N6O2. The lowest BCUT2D eigenvalue weighted by Gasteiger charge is -2.26. The SMILES string of the molecule is Cn1cnnc1CC(C)(C)c1cccc(NC(=O)c2cc(CN3CCCCC3)cn(CC(F)F)c2=O)c1. The van der Waals surface area contributed by atoms with E-state index in [1.54, 1.807) is 12.4 Å². The first-order chi connectivity index (χ1) is 17.6. The minimum atomic E-state index is -2.70. The van der Waals surface area contributed by atoms with E-state index in [0.29, 0.717) is 24.2 Å². The zero-order valence-corrected chi connectivity index (χ0v) is 21.6. The fourth-order valence-corrected chi connectivity index (χ4v) is 4.79. The van der Waals surface area contributed by atoms with Gasteiger partial charge in [-0.25, -0.2) is 8.78 Å². The minimum Gasteiger partial charge on any atom is -0.322 e. The lowest BCUT2D eigenvalue weighted by atomic mass is 9.81. The molecular weight excluding hydrogens is 478 g/mol. The number of carbonyl (C=O) groups is 1. The van der Waals surface area contributed by atoms with E-state index in [1.807, 2.05) is 29.8 Å². The summed E-state index contributed by atoms with van der Waals surface area (Å²) in [5, 5.41) is 10.9. The monoisotopic (exact) mass is 512 g/mol. The van der Waals surface area contributed by atoms with Crippen LogP contribution in [0.2, 0.25) is 0 Å². The normalized spacial score (nSPS) is 14.8. The maximum atomic E-state index is 13.2. The van der Waals surface area contributed by atoms with Crippen LogP contribution in [0, 0.1) is 0 Å². The first kappa shape index (κ1) is 26.7. The number of aryl methyl sites for hydroxylation is 1. The standard InChI is InChI=1S/C27H34F2N6O2/c1-27(2,14-24-32-30-18-33(24)3)20-8-7-9-21(13-20)31-25(36)22-12-19(15-34-10-5-4-6-11-34)16-35(26(22)37)17-23(28)29/h7-9,12-13,16,18,23H,4-6,10-11,14-15,17H2,1-3H3,(H,31,36). The van der Waals surface area contributed by atoms with Crippen molar-refractivity contribution in [3.8, 4) is 0 Å². The number of nitrogens with one attached hydrogen (secondary N) is 1. The Morgan fingerprint density at radius 1 is 1.16 bits per heavy atom. The molecule has 0 atom stereocenters. The van der Waals surface area contributed by atoms with Crippen LogP contribution in [-0.4, -0.2) is 49.7 Å². The van der Waals surface area contributed by atoms with E-state index in [1.165, 1.54) is 18.7 Å². The van der Waals surface area contributed by atoms with Crippen LogP contribution < -0.4 is 10.9 Å². The number of aromatic nitrogens is 4. The van der Waals surface area contributed by atoms with E-state index in [-0.39, 0.29) is 11.0 Å². The molecule has 0 spiro atoms. The largest absolute Gasteiger partial charge is 0.322 e. The van der Waals surface area contributed by atoms with E-state index in [2.05, 4.69) is 34.3 Å². The van der Waals surface area contributed by atoms with Crippen molar-refractivity contribution in [1.29, 1.82) is 0 Å². The van der Waals surface area contributed by atoms with Gasteiger partial charge in [-0.2, -0.15) is 0 Å². The average molecular weight is 513 g/mol. The number of pyridine rings is 1. The van der Waals surface area contributed by atoms with Crippen molar-refractivity contribution >= 4 is 11.6 Å². The van der Waals surface area contributed by atoms with E-state index >= 15 is 0 Å². The second-order valence-corrected chi connectivity index (χ2v) is 10.4. The summed E-state index contributed by atoms with van der Waals surface area (Å²) >= 11 is 0. The fourth-order valence-electron chi connectivity index (χ4n) is 4.79. The highest BCUT2D eigenvalue weighted by molar-refractivity contribution is 6.04. The number of amides is 1. The molecule has 3 aromatic rings. The van der Waals surface area contributed by atoms with Crippen LogP contribution in [-0.2, 0) is 32.0 Å². The van der Waals surface area contributed by atoms with E-state index in [0.717, 1.165) is 41.9 Å². The quantitative estimate of drug-likeness (QED) is 0.469. The molecule has 0 bridgehead atoms. The number of carbonyl (C=O) groups excluding carboxylic acids is 1. The second kappa shape index (κ2) is 11.3. The number of hydrogen-bond acceptors (Lipinski definition) is 5. The molecule has 198 valence electrons. The number of likely N-dealkylation sites (tertiary alicyclic amines) is 1. The summed E-state index contributed by atoms with van der Waals surface area (Å²) in [6, 6.07) is 8.96. The van der Waals surface area contributed by atoms with Crippen LogP contribution in [0.5, 0.6) is 0 Å². The van der Waals surface area contributed by atoms with Crippen LogP contribution in [0.4, 0.5) is 14.5 Å². The third-order valence-electron chi connectivity index (χ3n) is 6.88. The smallest absolute Gasteiger partial charge is 0.263 e. The van der Waals surface area contributed by atoms with Gasteiger partial charge in [0, 0.05) is 31.9 Å². The molecule has 1 fully saturated rings. The molecule has 1 saturated heterocycles. The Balaban J connectivity index is 1.57. The molecule has 0 aliphatic carbocycles. The van der Waals surface area contributed by atoms with Crippen molar-refractivity contribution in [1.82, 2.24) is 24.2 Å². The summed E-state index contributed by atoms with van der Waals surface area (Å²) in [4.78, 5) is 28.4. The third kappa shape index (κ3) is 6.68. The predicted octanol–water partition coefficient (Wildman–Crippen LogP) is 4.00. The van der Waals surface area contributed by atoms with Gasteiger partial charge in [0.05, 0.1) is 6.54 Å². The Hall–Kier alpha value is -3.40. The zero-order valence-electron chi connectivity index (χ0n) is 21.6. The van der Waals surface area contributed by atoms with Crippen LogP contribution in [0.15, 0.2) is 47.7 Å². The molecule has 0 unspecified atom stereocenters. The van der Waals surface area contributed by atoms with Crippen molar-refractivity contribution in [3.05, 3.63) is 75.7 Å². The first-order valence-electron chi connectivity index (χ1n) is 12.6. The van der Waals surface area contributed by atoms with Gasteiger partial charge >= 0.3 is 0 Å². The Morgan fingerprint density at radius 3 is 2.59 bits per heavy atom. The number of nitrogens with zero attached hydrogens (tertiary/aromatic N) is 5. The van der Waals surface area contributed by atoms with Gasteiger partial charge < -0.3 is 14.5 Å². The van der Waals surface area contributed by atoms with Gasteiger partial charge in [-0.3, -0.25) is 14.5 Å². The third-order valence-corrected chi connectivity index (χ3v) is 6.88. The van der Waals surface area contributed by atoms with Crippen LogP contribution >= 0.6 is 0 Å². The number of benzene rings is 1. The van der Waals surface area contributed by atoms with Crippen molar-refractivity contribution in [3.63, 3.8) is 0 Å². The Morgan fingerprint density at radius 2 is 1.92 bits per heavy atom. The number of piperidine rings is 1. The summed E-state index contributed by atoms with van der Waals surface area (Å²) in [6.45, 7) is 5.73. The molecule has 2 aromatic heterocycles. The summed E-state index contributed by atoms with van der Waals surface area (Å²) in [6.07, 6.45) is 4.37. The molecule has 0 radical (unpaired) electrons. The molecule has 1 aromatic carbocycles. The van der Waals surface area contributed by atoms with E-state index in [4.69, 9.17) is 0 Å². The molecule has 1 aliphatic rings.